The Bertz CT molecular complexity index is 624. The minimum Gasteiger partial charge on any atom is -0.343 e. The number of rotatable bonds is 1. The predicted octanol–water partition coefficient (Wildman–Crippen LogP) is 1.40. The maximum Gasteiger partial charge on any atom is 0.230 e. The number of carbonyl (C=O) groups excluding carboxylic acids is 2. The number of hydrogen-bond donors (Lipinski definition) is 0. The smallest absolute Gasteiger partial charge is 0.230 e. The Morgan fingerprint density at radius 2 is 1.82 bits per heavy atom. The Balaban J connectivity index is 1.75. The molecule has 1 unspecified atom stereocenters. The summed E-state index contributed by atoms with van der Waals surface area (Å²) in [6, 6.07) is 7.44. The molecular formula is C16H20N2O3S. The predicted molar refractivity (Wildman–Crippen MR) is 85.0 cm³/mol. The van der Waals surface area contributed by atoms with Crippen molar-refractivity contribution in [3.63, 3.8) is 0 Å². The summed E-state index contributed by atoms with van der Waals surface area (Å²) in [5.74, 6) is 0.627. The van der Waals surface area contributed by atoms with Crippen LogP contribution in [-0.4, -0.2) is 46.3 Å². The second-order valence-electron chi connectivity index (χ2n) is 5.79. The summed E-state index contributed by atoms with van der Waals surface area (Å²) in [5.41, 5.74) is 0.783. The molecule has 1 atom stereocenters. The summed E-state index contributed by atoms with van der Waals surface area (Å²) in [7, 11) is -1.02. The average molecular weight is 320 g/mol. The summed E-state index contributed by atoms with van der Waals surface area (Å²) < 4.78 is 12.1. The van der Waals surface area contributed by atoms with Gasteiger partial charge in [-0.2, -0.15) is 0 Å². The van der Waals surface area contributed by atoms with Crippen LogP contribution in [0.25, 0.3) is 0 Å². The molecule has 2 amide bonds. The average Bonchev–Trinajstić information content (AvgIpc) is 2.55. The molecule has 0 saturated carbocycles. The van der Waals surface area contributed by atoms with Crippen molar-refractivity contribution in [2.24, 2.45) is 5.92 Å². The number of amides is 2. The zero-order valence-electron chi connectivity index (χ0n) is 12.7. The van der Waals surface area contributed by atoms with Gasteiger partial charge in [-0.05, 0) is 25.0 Å². The van der Waals surface area contributed by atoms with Gasteiger partial charge in [-0.15, -0.1) is 0 Å². The van der Waals surface area contributed by atoms with E-state index < -0.39 is 10.8 Å². The minimum atomic E-state index is -1.02. The molecule has 2 aliphatic rings. The molecule has 0 bridgehead atoms. The molecule has 22 heavy (non-hydrogen) atoms. The van der Waals surface area contributed by atoms with Crippen molar-refractivity contribution in [1.82, 2.24) is 4.90 Å². The summed E-state index contributed by atoms with van der Waals surface area (Å²) in [6.07, 6.45) is 1.42. The van der Waals surface area contributed by atoms with Crippen molar-refractivity contribution < 1.29 is 13.8 Å². The number of nitrogens with zero attached hydrogens (tertiary/aromatic N) is 2. The lowest BCUT2D eigenvalue weighted by molar-refractivity contribution is -0.133. The topological polar surface area (TPSA) is 57.7 Å². The maximum atomic E-state index is 12.8. The largest absolute Gasteiger partial charge is 0.343 e. The van der Waals surface area contributed by atoms with Crippen LogP contribution >= 0.6 is 0 Å². The van der Waals surface area contributed by atoms with E-state index in [-0.39, 0.29) is 17.7 Å². The van der Waals surface area contributed by atoms with Gasteiger partial charge in [0.2, 0.25) is 11.8 Å². The van der Waals surface area contributed by atoms with Gasteiger partial charge in [-0.3, -0.25) is 13.8 Å². The van der Waals surface area contributed by atoms with Gasteiger partial charge in [0.1, 0.15) is 0 Å². The van der Waals surface area contributed by atoms with E-state index in [2.05, 4.69) is 0 Å². The van der Waals surface area contributed by atoms with Gasteiger partial charge in [0, 0.05) is 38.2 Å². The van der Waals surface area contributed by atoms with Crippen LogP contribution in [0.15, 0.2) is 29.2 Å². The number of fused-ring (bicyclic) bond motifs is 1. The molecule has 0 aromatic heterocycles. The molecule has 1 aromatic rings. The van der Waals surface area contributed by atoms with Crippen LogP contribution in [0.5, 0.6) is 0 Å². The quantitative estimate of drug-likeness (QED) is 0.786. The van der Waals surface area contributed by atoms with Crippen LogP contribution in [-0.2, 0) is 20.4 Å². The van der Waals surface area contributed by atoms with E-state index >= 15 is 0 Å². The number of para-hydroxylation sites is 1. The monoisotopic (exact) mass is 320 g/mol. The summed E-state index contributed by atoms with van der Waals surface area (Å²) in [4.78, 5) is 28.5. The first-order valence-electron chi connectivity index (χ1n) is 7.62. The molecule has 0 radical (unpaired) electrons. The van der Waals surface area contributed by atoms with Crippen molar-refractivity contribution in [2.45, 2.75) is 24.7 Å². The fraction of sp³-hybridized carbons (Fsp3) is 0.500. The molecule has 1 saturated heterocycles. The number of anilines is 1. The molecule has 0 N–H and O–H groups in total. The van der Waals surface area contributed by atoms with Crippen LogP contribution in [0.1, 0.15) is 19.8 Å². The Hall–Kier alpha value is -1.69. The van der Waals surface area contributed by atoms with Gasteiger partial charge in [0.15, 0.2) is 0 Å². The lowest BCUT2D eigenvalue weighted by atomic mass is 9.95. The van der Waals surface area contributed by atoms with Crippen LogP contribution in [0.2, 0.25) is 0 Å². The Labute approximate surface area is 132 Å². The van der Waals surface area contributed by atoms with Crippen LogP contribution < -0.4 is 4.90 Å². The molecule has 5 nitrogen and oxygen atoms in total. The molecule has 1 fully saturated rings. The zero-order valence-corrected chi connectivity index (χ0v) is 13.5. The number of likely N-dealkylation sites (tertiary alicyclic amines) is 1. The number of hydrogen-bond acceptors (Lipinski definition) is 3. The van der Waals surface area contributed by atoms with Crippen LogP contribution in [0, 0.1) is 5.92 Å². The minimum absolute atomic E-state index is 0.0461. The van der Waals surface area contributed by atoms with Crippen molar-refractivity contribution in [3.05, 3.63) is 24.3 Å². The van der Waals surface area contributed by atoms with Crippen molar-refractivity contribution in [3.8, 4) is 0 Å². The first-order chi connectivity index (χ1) is 10.6. The lowest BCUT2D eigenvalue weighted by Gasteiger charge is -2.35. The number of benzene rings is 1. The molecule has 0 spiro atoms. The van der Waals surface area contributed by atoms with Gasteiger partial charge in [0.25, 0.3) is 0 Å². The molecule has 2 aliphatic heterocycles. The van der Waals surface area contributed by atoms with Crippen molar-refractivity contribution >= 4 is 28.3 Å². The van der Waals surface area contributed by atoms with E-state index in [1.54, 1.807) is 16.7 Å². The molecule has 2 heterocycles. The van der Waals surface area contributed by atoms with Crippen molar-refractivity contribution in [1.29, 1.82) is 0 Å². The number of piperidine rings is 1. The third-order valence-corrected chi connectivity index (χ3v) is 5.85. The molecule has 3 rings (SSSR count). The van der Waals surface area contributed by atoms with Crippen LogP contribution in [0.3, 0.4) is 0 Å². The van der Waals surface area contributed by atoms with E-state index in [1.807, 2.05) is 24.3 Å². The SMILES string of the molecule is CC(=O)N1CCC(C(=O)N2CCS(=O)c3ccccc32)CC1. The molecule has 6 heteroatoms. The third kappa shape index (κ3) is 2.79. The molecule has 118 valence electrons. The van der Waals surface area contributed by atoms with E-state index in [4.69, 9.17) is 0 Å². The van der Waals surface area contributed by atoms with Gasteiger partial charge in [-0.1, -0.05) is 12.1 Å². The molecular weight excluding hydrogens is 300 g/mol. The Morgan fingerprint density at radius 3 is 2.50 bits per heavy atom. The Morgan fingerprint density at radius 1 is 1.14 bits per heavy atom. The summed E-state index contributed by atoms with van der Waals surface area (Å²) in [6.45, 7) is 3.37. The molecule has 0 aliphatic carbocycles. The van der Waals surface area contributed by atoms with Crippen LogP contribution in [0.4, 0.5) is 5.69 Å². The first kappa shape index (κ1) is 15.2. The van der Waals surface area contributed by atoms with E-state index in [0.717, 1.165) is 10.6 Å². The van der Waals surface area contributed by atoms with E-state index in [1.165, 1.54) is 0 Å². The van der Waals surface area contributed by atoms with Gasteiger partial charge < -0.3 is 9.80 Å². The summed E-state index contributed by atoms with van der Waals surface area (Å²) in [5, 5.41) is 0. The summed E-state index contributed by atoms with van der Waals surface area (Å²) >= 11 is 0. The second kappa shape index (κ2) is 6.20. The van der Waals surface area contributed by atoms with Crippen molar-refractivity contribution in [2.75, 3.05) is 30.3 Å². The Kier molecular flexibility index (Phi) is 4.29. The first-order valence-corrected chi connectivity index (χ1v) is 8.94. The second-order valence-corrected chi connectivity index (χ2v) is 7.33. The number of carbonyl (C=O) groups is 2. The lowest BCUT2D eigenvalue weighted by Crippen LogP contribution is -2.46. The highest BCUT2D eigenvalue weighted by Crippen LogP contribution is 2.31. The third-order valence-electron chi connectivity index (χ3n) is 4.46. The van der Waals surface area contributed by atoms with E-state index in [0.29, 0.717) is 38.2 Å². The zero-order chi connectivity index (χ0) is 15.7. The highest BCUT2D eigenvalue weighted by atomic mass is 32.2. The molecule has 1 aromatic carbocycles. The van der Waals surface area contributed by atoms with E-state index in [9.17, 15) is 13.8 Å². The fourth-order valence-electron chi connectivity index (χ4n) is 3.17. The highest BCUT2D eigenvalue weighted by molar-refractivity contribution is 7.85. The van der Waals surface area contributed by atoms with Gasteiger partial charge >= 0.3 is 0 Å². The normalized spacial score (nSPS) is 22.3. The van der Waals surface area contributed by atoms with Gasteiger partial charge in [0.05, 0.1) is 21.4 Å². The highest BCUT2D eigenvalue weighted by Gasteiger charge is 2.33. The standard InChI is InChI=1S/C16H20N2O3S/c1-12(19)17-8-6-13(7-9-17)16(20)18-10-11-22(21)15-5-3-2-4-14(15)18/h2-5,13H,6-11H2,1H3. The fourth-order valence-corrected chi connectivity index (χ4v) is 4.38. The maximum absolute atomic E-state index is 12.8. The van der Waals surface area contributed by atoms with Gasteiger partial charge in [-0.25, -0.2) is 0 Å².